The van der Waals surface area contributed by atoms with Crippen LogP contribution in [0.4, 0.5) is 0 Å². The van der Waals surface area contributed by atoms with Crippen molar-refractivity contribution in [2.45, 2.75) is 52.5 Å². The van der Waals surface area contributed by atoms with Crippen molar-refractivity contribution in [3.05, 3.63) is 65.5 Å². The second-order valence-corrected chi connectivity index (χ2v) is 5.82. The van der Waals surface area contributed by atoms with Crippen molar-refractivity contribution in [3.8, 4) is 11.8 Å². The van der Waals surface area contributed by atoms with Crippen LogP contribution in [0.1, 0.15) is 49.3 Å². The van der Waals surface area contributed by atoms with E-state index in [-0.39, 0.29) is 17.0 Å². The van der Waals surface area contributed by atoms with Crippen LogP contribution >= 0.6 is 0 Å². The minimum atomic E-state index is 0. The molecule has 0 saturated carbocycles. The number of hydrogen-bond donors (Lipinski definition) is 0. The molecule has 0 saturated heterocycles. The van der Waals surface area contributed by atoms with Gasteiger partial charge in [-0.05, 0) is 43.5 Å². The first-order chi connectivity index (χ1) is 10.8. The molecular formula is C21H26BrN. The molecule has 0 aliphatic rings. The van der Waals surface area contributed by atoms with Crippen LogP contribution in [0.5, 0.6) is 0 Å². The van der Waals surface area contributed by atoms with Crippen LogP contribution < -0.4 is 21.5 Å². The lowest BCUT2D eigenvalue weighted by molar-refractivity contribution is -0.697. The molecule has 0 amide bonds. The maximum Gasteiger partial charge on any atom is 0.171 e. The molecule has 0 radical (unpaired) electrons. The summed E-state index contributed by atoms with van der Waals surface area (Å²) in [4.78, 5) is 0. The van der Waals surface area contributed by atoms with E-state index in [1.165, 1.54) is 30.4 Å². The Hall–Kier alpha value is -1.59. The molecule has 122 valence electrons. The van der Waals surface area contributed by atoms with Gasteiger partial charge in [-0.15, -0.1) is 0 Å². The smallest absolute Gasteiger partial charge is 0.171 e. The highest BCUT2D eigenvalue weighted by atomic mass is 79.9. The molecule has 23 heavy (non-hydrogen) atoms. The zero-order valence-corrected chi connectivity index (χ0v) is 15.8. The number of halogens is 1. The van der Waals surface area contributed by atoms with Gasteiger partial charge >= 0.3 is 0 Å². The lowest BCUT2D eigenvalue weighted by atomic mass is 10.1. The number of benzene rings is 1. The number of rotatable bonds is 6. The van der Waals surface area contributed by atoms with E-state index in [1.807, 2.05) is 0 Å². The number of hydrogen-bond acceptors (Lipinski definition) is 0. The molecule has 0 unspecified atom stereocenters. The van der Waals surface area contributed by atoms with E-state index in [0.717, 1.165) is 24.9 Å². The third-order valence-electron chi connectivity index (χ3n) is 3.73. The van der Waals surface area contributed by atoms with Crippen molar-refractivity contribution in [3.63, 3.8) is 0 Å². The molecule has 1 nitrogen and oxygen atoms in total. The molecule has 1 heterocycles. The van der Waals surface area contributed by atoms with Gasteiger partial charge in [-0.2, -0.15) is 0 Å². The third-order valence-corrected chi connectivity index (χ3v) is 3.73. The molecule has 0 spiro atoms. The van der Waals surface area contributed by atoms with Crippen LogP contribution in [0, 0.1) is 18.8 Å². The van der Waals surface area contributed by atoms with Gasteiger partial charge in [0.2, 0.25) is 0 Å². The van der Waals surface area contributed by atoms with E-state index >= 15 is 0 Å². The predicted octanol–water partition coefficient (Wildman–Crippen LogP) is 1.46. The molecule has 0 aliphatic carbocycles. The minimum Gasteiger partial charge on any atom is -1.00 e. The monoisotopic (exact) mass is 371 g/mol. The van der Waals surface area contributed by atoms with E-state index in [2.05, 4.69) is 79.0 Å². The zero-order chi connectivity index (χ0) is 15.6. The van der Waals surface area contributed by atoms with Crippen molar-refractivity contribution in [2.24, 2.45) is 0 Å². The van der Waals surface area contributed by atoms with Gasteiger partial charge in [0.05, 0.1) is 0 Å². The fourth-order valence-corrected chi connectivity index (χ4v) is 2.44. The number of nitrogens with zero attached hydrogens (tertiary/aromatic N) is 1. The molecule has 1 aromatic heterocycles. The van der Waals surface area contributed by atoms with Gasteiger partial charge in [-0.3, -0.25) is 0 Å². The molecule has 0 bridgehead atoms. The summed E-state index contributed by atoms with van der Waals surface area (Å²) in [7, 11) is 0. The Morgan fingerprint density at radius 2 is 1.83 bits per heavy atom. The van der Waals surface area contributed by atoms with Crippen molar-refractivity contribution < 1.29 is 21.5 Å². The highest BCUT2D eigenvalue weighted by Gasteiger charge is 1.98. The summed E-state index contributed by atoms with van der Waals surface area (Å²) in [6, 6.07) is 12.9. The van der Waals surface area contributed by atoms with Crippen LogP contribution in [-0.4, -0.2) is 0 Å². The first-order valence-electron chi connectivity index (χ1n) is 8.31. The summed E-state index contributed by atoms with van der Waals surface area (Å²) in [6.45, 7) is 5.39. The van der Waals surface area contributed by atoms with Crippen molar-refractivity contribution >= 4 is 0 Å². The highest BCUT2D eigenvalue weighted by molar-refractivity contribution is 5.36. The lowest BCUT2D eigenvalue weighted by Gasteiger charge is -1.99. The molecule has 0 fully saturated rings. The summed E-state index contributed by atoms with van der Waals surface area (Å²) in [5.41, 5.74) is 3.85. The summed E-state index contributed by atoms with van der Waals surface area (Å²) < 4.78 is 2.24. The second-order valence-electron chi connectivity index (χ2n) is 5.82. The first kappa shape index (κ1) is 19.5. The van der Waals surface area contributed by atoms with E-state index < -0.39 is 0 Å². The van der Waals surface area contributed by atoms with Gasteiger partial charge in [0, 0.05) is 30.0 Å². The Labute approximate surface area is 151 Å². The van der Waals surface area contributed by atoms with Gasteiger partial charge < -0.3 is 17.0 Å². The van der Waals surface area contributed by atoms with Gasteiger partial charge in [0.15, 0.2) is 12.4 Å². The van der Waals surface area contributed by atoms with Crippen molar-refractivity contribution in [2.75, 3.05) is 0 Å². The molecule has 0 atom stereocenters. The summed E-state index contributed by atoms with van der Waals surface area (Å²) in [5.74, 6) is 6.55. The molecule has 2 aromatic rings. The quantitative estimate of drug-likeness (QED) is 0.411. The highest BCUT2D eigenvalue weighted by Crippen LogP contribution is 2.07. The van der Waals surface area contributed by atoms with Gasteiger partial charge in [0.25, 0.3) is 0 Å². The molecule has 0 aliphatic heterocycles. The van der Waals surface area contributed by atoms with Crippen molar-refractivity contribution in [1.29, 1.82) is 0 Å². The Balaban J connectivity index is 0.00000264. The summed E-state index contributed by atoms with van der Waals surface area (Å²) in [5, 5.41) is 0. The SMILES string of the molecule is CCCCc1ccc(C#CCCC[n+]2cccc(C)c2)cc1.[Br-]. The van der Waals surface area contributed by atoms with Crippen LogP contribution in [0.2, 0.25) is 0 Å². The van der Waals surface area contributed by atoms with Gasteiger partial charge in [-0.25, -0.2) is 4.57 Å². The standard InChI is InChI=1S/C21H26N.BrH/c1-3-4-10-20-12-14-21(15-13-20)11-6-5-7-16-22-17-8-9-19(2)18-22;/h8-9,12-15,17-18H,3-5,7,10,16H2,1-2H3;1H/q+1;/p-1. The lowest BCUT2D eigenvalue weighted by Crippen LogP contribution is -3.00. The number of aryl methyl sites for hydroxylation is 3. The molecule has 2 rings (SSSR count). The van der Waals surface area contributed by atoms with Crippen molar-refractivity contribution in [1.82, 2.24) is 0 Å². The average Bonchev–Trinajstić information content (AvgIpc) is 2.54. The normalized spacial score (nSPS) is 9.65. The van der Waals surface area contributed by atoms with E-state index in [9.17, 15) is 0 Å². The molecule has 0 N–H and O–H groups in total. The molecule has 1 aromatic carbocycles. The van der Waals surface area contributed by atoms with E-state index in [0.29, 0.717) is 0 Å². The Morgan fingerprint density at radius 1 is 1.04 bits per heavy atom. The van der Waals surface area contributed by atoms with Crippen LogP contribution in [0.3, 0.4) is 0 Å². The topological polar surface area (TPSA) is 3.88 Å². The van der Waals surface area contributed by atoms with Crippen LogP contribution in [0.15, 0.2) is 48.8 Å². The van der Waals surface area contributed by atoms with E-state index in [1.54, 1.807) is 0 Å². The average molecular weight is 372 g/mol. The molecule has 2 heteroatoms. The second kappa shape index (κ2) is 11.0. The summed E-state index contributed by atoms with van der Waals surface area (Å²) in [6.07, 6.45) is 10.0. The van der Waals surface area contributed by atoms with Crippen LogP contribution in [0.25, 0.3) is 0 Å². The zero-order valence-electron chi connectivity index (χ0n) is 14.2. The van der Waals surface area contributed by atoms with Gasteiger partial charge in [0.1, 0.15) is 6.54 Å². The van der Waals surface area contributed by atoms with Crippen LogP contribution in [-0.2, 0) is 13.0 Å². The molecular weight excluding hydrogens is 346 g/mol. The minimum absolute atomic E-state index is 0. The maximum absolute atomic E-state index is 3.29. The Bertz CT molecular complexity index is 635. The number of unbranched alkanes of at least 4 members (excludes halogenated alkanes) is 2. The Morgan fingerprint density at radius 3 is 2.52 bits per heavy atom. The van der Waals surface area contributed by atoms with Gasteiger partial charge in [-0.1, -0.05) is 37.3 Å². The fraction of sp³-hybridized carbons (Fsp3) is 0.381. The predicted molar refractivity (Wildman–Crippen MR) is 92.5 cm³/mol. The maximum atomic E-state index is 3.29. The number of pyridine rings is 1. The fourth-order valence-electron chi connectivity index (χ4n) is 2.44. The number of aromatic nitrogens is 1. The Kier molecular flexibility index (Phi) is 9.33. The first-order valence-corrected chi connectivity index (χ1v) is 8.31. The summed E-state index contributed by atoms with van der Waals surface area (Å²) >= 11 is 0. The third kappa shape index (κ3) is 7.48. The van der Waals surface area contributed by atoms with E-state index in [4.69, 9.17) is 0 Å². The largest absolute Gasteiger partial charge is 1.00 e.